The summed E-state index contributed by atoms with van der Waals surface area (Å²) in [5, 5.41) is 3.57. The van der Waals surface area contributed by atoms with E-state index in [0.29, 0.717) is 33.3 Å². The van der Waals surface area contributed by atoms with Gasteiger partial charge < -0.3 is 19.4 Å². The first-order chi connectivity index (χ1) is 16.4. The van der Waals surface area contributed by atoms with E-state index in [2.05, 4.69) is 5.32 Å². The number of hydrogen-bond acceptors (Lipinski definition) is 5. The van der Waals surface area contributed by atoms with E-state index in [1.54, 1.807) is 78.4 Å². The predicted molar refractivity (Wildman–Crippen MR) is 131 cm³/mol. The molecule has 0 unspecified atom stereocenters. The Balaban J connectivity index is 1.74. The van der Waals surface area contributed by atoms with Crippen molar-refractivity contribution in [3.63, 3.8) is 0 Å². The molecule has 4 rings (SSSR count). The molecule has 1 N–H and O–H groups in total. The number of nitrogens with one attached hydrogen (secondary N) is 1. The van der Waals surface area contributed by atoms with Crippen molar-refractivity contribution in [1.29, 1.82) is 0 Å². The van der Waals surface area contributed by atoms with Gasteiger partial charge in [-0.15, -0.1) is 0 Å². The van der Waals surface area contributed by atoms with Gasteiger partial charge in [-0.3, -0.25) is 14.4 Å². The maximum absolute atomic E-state index is 13.2. The number of carbonyl (C=O) groups is 2. The van der Waals surface area contributed by atoms with Crippen LogP contribution in [0.1, 0.15) is 15.9 Å². The molecule has 1 aromatic heterocycles. The number of carbonyl (C=O) groups excluding carboxylic acids is 2. The van der Waals surface area contributed by atoms with Crippen LogP contribution in [0.25, 0.3) is 10.9 Å². The molecular formula is C26H21ClN2O5. The standard InChI is InChI=1S/C26H21ClN2O5/c1-33-19-9-7-18(8-10-19)28-24(30)15-29-14-22(25(31)16-3-5-17(27)6-4-16)26(32)21-13-20(34-2)11-12-23(21)29/h3-14H,15H2,1-2H3,(H,28,30). The number of nitrogens with zero attached hydrogens (tertiary/aromatic N) is 1. The minimum Gasteiger partial charge on any atom is -0.497 e. The molecule has 0 aliphatic carbocycles. The molecule has 0 aliphatic heterocycles. The lowest BCUT2D eigenvalue weighted by Gasteiger charge is -2.14. The number of benzene rings is 3. The first-order valence-corrected chi connectivity index (χ1v) is 10.7. The van der Waals surface area contributed by atoms with E-state index in [4.69, 9.17) is 21.1 Å². The number of methoxy groups -OCH3 is 2. The van der Waals surface area contributed by atoms with Crippen LogP contribution in [0, 0.1) is 0 Å². The average molecular weight is 477 g/mol. The summed E-state index contributed by atoms with van der Waals surface area (Å²) in [6.45, 7) is -0.115. The summed E-state index contributed by atoms with van der Waals surface area (Å²) in [6, 6.07) is 18.1. The van der Waals surface area contributed by atoms with Gasteiger partial charge in [-0.25, -0.2) is 0 Å². The first-order valence-electron chi connectivity index (χ1n) is 10.3. The van der Waals surface area contributed by atoms with E-state index in [9.17, 15) is 14.4 Å². The van der Waals surface area contributed by atoms with Crippen molar-refractivity contribution in [3.05, 3.63) is 99.3 Å². The largest absolute Gasteiger partial charge is 0.497 e. The van der Waals surface area contributed by atoms with Crippen LogP contribution >= 0.6 is 11.6 Å². The van der Waals surface area contributed by atoms with Crippen molar-refractivity contribution in [3.8, 4) is 11.5 Å². The highest BCUT2D eigenvalue weighted by Gasteiger charge is 2.19. The molecule has 0 spiro atoms. The van der Waals surface area contributed by atoms with E-state index >= 15 is 0 Å². The fourth-order valence-corrected chi connectivity index (χ4v) is 3.71. The van der Waals surface area contributed by atoms with Crippen LogP contribution in [0.2, 0.25) is 5.02 Å². The molecule has 4 aromatic rings. The maximum Gasteiger partial charge on any atom is 0.244 e. The molecule has 0 fully saturated rings. The van der Waals surface area contributed by atoms with Gasteiger partial charge in [0.15, 0.2) is 5.78 Å². The number of rotatable bonds is 7. The number of fused-ring (bicyclic) bond motifs is 1. The molecule has 8 heteroatoms. The van der Waals surface area contributed by atoms with Gasteiger partial charge in [0.05, 0.1) is 30.7 Å². The van der Waals surface area contributed by atoms with Gasteiger partial charge in [0, 0.05) is 22.5 Å². The predicted octanol–water partition coefficient (Wildman–Crippen LogP) is 4.54. The number of aromatic nitrogens is 1. The first kappa shape index (κ1) is 23.1. The summed E-state index contributed by atoms with van der Waals surface area (Å²) in [7, 11) is 3.05. The van der Waals surface area contributed by atoms with E-state index in [1.165, 1.54) is 13.3 Å². The Labute approximate surface area is 200 Å². The van der Waals surface area contributed by atoms with Crippen LogP contribution in [-0.4, -0.2) is 30.5 Å². The van der Waals surface area contributed by atoms with Gasteiger partial charge in [-0.2, -0.15) is 0 Å². The number of amides is 1. The van der Waals surface area contributed by atoms with Gasteiger partial charge in [-0.1, -0.05) is 11.6 Å². The zero-order chi connectivity index (χ0) is 24.2. The zero-order valence-corrected chi connectivity index (χ0v) is 19.3. The maximum atomic E-state index is 13.2. The molecule has 34 heavy (non-hydrogen) atoms. The second-order valence-corrected chi connectivity index (χ2v) is 7.93. The highest BCUT2D eigenvalue weighted by Crippen LogP contribution is 2.21. The third-order valence-corrected chi connectivity index (χ3v) is 5.58. The third-order valence-electron chi connectivity index (χ3n) is 5.33. The van der Waals surface area contributed by atoms with Crippen molar-refractivity contribution in [2.24, 2.45) is 0 Å². The Hall–Kier alpha value is -4.10. The third kappa shape index (κ3) is 4.79. The fraction of sp³-hybridized carbons (Fsp3) is 0.115. The molecule has 0 radical (unpaired) electrons. The number of ether oxygens (including phenoxy) is 2. The van der Waals surface area contributed by atoms with Gasteiger partial charge in [0.2, 0.25) is 11.3 Å². The number of anilines is 1. The van der Waals surface area contributed by atoms with Crippen LogP contribution in [0.3, 0.4) is 0 Å². The van der Waals surface area contributed by atoms with E-state index in [0.717, 1.165) is 0 Å². The number of hydrogen-bond donors (Lipinski definition) is 1. The highest BCUT2D eigenvalue weighted by atomic mass is 35.5. The quantitative estimate of drug-likeness (QED) is 0.396. The lowest BCUT2D eigenvalue weighted by atomic mass is 10.0. The molecule has 1 heterocycles. The lowest BCUT2D eigenvalue weighted by Crippen LogP contribution is -2.24. The minimum absolute atomic E-state index is 0.0553. The molecule has 0 bridgehead atoms. The van der Waals surface area contributed by atoms with Crippen molar-refractivity contribution in [1.82, 2.24) is 4.57 Å². The monoisotopic (exact) mass is 476 g/mol. The van der Waals surface area contributed by atoms with Crippen molar-refractivity contribution in [2.75, 3.05) is 19.5 Å². The Morgan fingerprint density at radius 2 is 1.56 bits per heavy atom. The smallest absolute Gasteiger partial charge is 0.244 e. The minimum atomic E-state index is -0.462. The Morgan fingerprint density at radius 3 is 2.21 bits per heavy atom. The molecule has 0 saturated heterocycles. The molecule has 1 amide bonds. The van der Waals surface area contributed by atoms with E-state index in [1.807, 2.05) is 0 Å². The van der Waals surface area contributed by atoms with Gasteiger partial charge in [0.25, 0.3) is 0 Å². The fourth-order valence-electron chi connectivity index (χ4n) is 3.58. The number of ketones is 1. The lowest BCUT2D eigenvalue weighted by molar-refractivity contribution is -0.116. The summed E-state index contributed by atoms with van der Waals surface area (Å²) in [4.78, 5) is 39.2. The second-order valence-electron chi connectivity index (χ2n) is 7.50. The van der Waals surface area contributed by atoms with Crippen LogP contribution in [-0.2, 0) is 11.3 Å². The van der Waals surface area contributed by atoms with Crippen LogP contribution in [0.4, 0.5) is 5.69 Å². The normalized spacial score (nSPS) is 10.7. The summed E-state index contributed by atoms with van der Waals surface area (Å²) in [5.41, 5.74) is 0.914. The Kier molecular flexibility index (Phi) is 6.65. The summed E-state index contributed by atoms with van der Waals surface area (Å²) in [5.74, 6) is 0.352. The van der Waals surface area contributed by atoms with Crippen LogP contribution in [0.15, 0.2) is 77.7 Å². The molecule has 0 atom stereocenters. The average Bonchev–Trinajstić information content (AvgIpc) is 2.86. The summed E-state index contributed by atoms with van der Waals surface area (Å²) < 4.78 is 12.0. The molecular weight excluding hydrogens is 456 g/mol. The Bertz CT molecular complexity index is 1430. The van der Waals surface area contributed by atoms with Gasteiger partial charge >= 0.3 is 0 Å². The summed E-state index contributed by atoms with van der Waals surface area (Å²) in [6.07, 6.45) is 1.42. The van der Waals surface area contributed by atoms with Gasteiger partial charge in [-0.05, 0) is 66.7 Å². The SMILES string of the molecule is COc1ccc(NC(=O)Cn2cc(C(=O)c3ccc(Cl)cc3)c(=O)c3cc(OC)ccc32)cc1. The molecule has 7 nitrogen and oxygen atoms in total. The zero-order valence-electron chi connectivity index (χ0n) is 18.5. The summed E-state index contributed by atoms with van der Waals surface area (Å²) >= 11 is 5.93. The molecule has 0 saturated carbocycles. The van der Waals surface area contributed by atoms with Crippen molar-refractivity contribution >= 4 is 39.9 Å². The molecule has 3 aromatic carbocycles. The van der Waals surface area contributed by atoms with Gasteiger partial charge in [0.1, 0.15) is 18.0 Å². The highest BCUT2D eigenvalue weighted by molar-refractivity contribution is 6.30. The Morgan fingerprint density at radius 1 is 0.912 bits per heavy atom. The number of halogens is 1. The van der Waals surface area contributed by atoms with Crippen molar-refractivity contribution in [2.45, 2.75) is 6.54 Å². The number of pyridine rings is 1. The molecule has 0 aliphatic rings. The van der Waals surface area contributed by atoms with Crippen LogP contribution in [0.5, 0.6) is 11.5 Å². The second kappa shape index (κ2) is 9.80. The topological polar surface area (TPSA) is 86.6 Å². The van der Waals surface area contributed by atoms with Crippen LogP contribution < -0.4 is 20.2 Å². The molecule has 172 valence electrons. The van der Waals surface area contributed by atoms with E-state index in [-0.39, 0.29) is 23.4 Å². The van der Waals surface area contributed by atoms with E-state index < -0.39 is 11.2 Å². The van der Waals surface area contributed by atoms with Crippen molar-refractivity contribution < 1.29 is 19.1 Å².